The van der Waals surface area contributed by atoms with Crippen LogP contribution in [0.2, 0.25) is 0 Å². The second-order valence-corrected chi connectivity index (χ2v) is 12.0. The Bertz CT molecular complexity index is 1250. The highest BCUT2D eigenvalue weighted by Gasteiger charge is 2.55. The molecule has 0 radical (unpaired) electrons. The van der Waals surface area contributed by atoms with E-state index in [1.165, 1.54) is 36.1 Å². The second-order valence-electron chi connectivity index (χ2n) is 11.0. The van der Waals surface area contributed by atoms with Gasteiger partial charge in [0.2, 0.25) is 0 Å². The Kier molecular flexibility index (Phi) is 4.28. The van der Waals surface area contributed by atoms with E-state index < -0.39 is 0 Å². The molecule has 2 aromatic heterocycles. The van der Waals surface area contributed by atoms with Gasteiger partial charge in [0.1, 0.15) is 10.6 Å². The molecule has 4 nitrogen and oxygen atoms in total. The lowest BCUT2D eigenvalue weighted by Crippen LogP contribution is -2.49. The van der Waals surface area contributed by atoms with Crippen molar-refractivity contribution in [2.45, 2.75) is 57.8 Å². The van der Waals surface area contributed by atoms with Gasteiger partial charge in [-0.15, -0.1) is 11.3 Å². The molecule has 4 fully saturated rings. The second kappa shape index (κ2) is 7.05. The zero-order valence-corrected chi connectivity index (χ0v) is 20.0. The van der Waals surface area contributed by atoms with Gasteiger partial charge in [0.15, 0.2) is 5.78 Å². The van der Waals surface area contributed by atoms with Crippen molar-refractivity contribution in [2.24, 2.45) is 23.2 Å². The predicted octanol–water partition coefficient (Wildman–Crippen LogP) is 6.44. The summed E-state index contributed by atoms with van der Waals surface area (Å²) in [6, 6.07) is 8.24. The number of Topliss-reactive ketones (excluding diaryl/α,β-unsaturated/α-hetero) is 1. The van der Waals surface area contributed by atoms with Gasteiger partial charge in [-0.1, -0.05) is 12.1 Å². The number of aryl methyl sites for hydroxylation is 1. The summed E-state index contributed by atoms with van der Waals surface area (Å²) in [6.07, 6.45) is 10.4. The van der Waals surface area contributed by atoms with Crippen LogP contribution in [-0.4, -0.2) is 17.9 Å². The highest BCUT2D eigenvalue weighted by atomic mass is 32.1. The first-order chi connectivity index (χ1) is 16.0. The first-order valence-corrected chi connectivity index (χ1v) is 13.3. The summed E-state index contributed by atoms with van der Waals surface area (Å²) in [4.78, 5) is 20.9. The van der Waals surface area contributed by atoms with E-state index in [1.807, 2.05) is 12.1 Å². The van der Waals surface area contributed by atoms with Crippen LogP contribution in [0.1, 0.15) is 65.9 Å². The number of benzene rings is 1. The summed E-state index contributed by atoms with van der Waals surface area (Å²) in [7, 11) is 1.69. The third-order valence-electron chi connectivity index (χ3n) is 9.01. The average Bonchev–Trinajstić information content (AvgIpc) is 3.40. The number of carbonyl (C=O) groups excluding carboxylic acids is 1. The topological polar surface area (TPSA) is 65.2 Å². The highest BCUT2D eigenvalue weighted by molar-refractivity contribution is 7.21. The number of pyridine rings is 1. The number of nitrogen functional groups attached to an aromatic ring is 1. The van der Waals surface area contributed by atoms with Crippen LogP contribution in [0, 0.1) is 23.2 Å². The number of nitrogens with zero attached hydrogens (tertiary/aromatic N) is 1. The largest absolute Gasteiger partial charge is 0.497 e. The van der Waals surface area contributed by atoms with Crippen LogP contribution in [0.3, 0.4) is 0 Å². The van der Waals surface area contributed by atoms with Crippen molar-refractivity contribution in [3.8, 4) is 16.9 Å². The van der Waals surface area contributed by atoms with Crippen LogP contribution in [0.5, 0.6) is 5.75 Å². The number of ether oxygens (including phenoxy) is 1. The number of hydrogen-bond acceptors (Lipinski definition) is 5. The number of carbonyl (C=O) groups is 1. The van der Waals surface area contributed by atoms with Gasteiger partial charge in [0.05, 0.1) is 17.7 Å². The van der Waals surface area contributed by atoms with Gasteiger partial charge in [0, 0.05) is 16.5 Å². The predicted molar refractivity (Wildman–Crippen MR) is 133 cm³/mol. The number of anilines is 1. The van der Waals surface area contributed by atoms with Crippen LogP contribution < -0.4 is 10.5 Å². The smallest absolute Gasteiger partial charge is 0.181 e. The molecule has 4 saturated carbocycles. The van der Waals surface area contributed by atoms with Gasteiger partial charge in [-0.3, -0.25) is 4.79 Å². The van der Waals surface area contributed by atoms with Crippen molar-refractivity contribution in [3.05, 3.63) is 40.4 Å². The maximum absolute atomic E-state index is 14.2. The molecular weight excluding hydrogens is 428 g/mol. The zero-order valence-electron chi connectivity index (χ0n) is 19.2. The van der Waals surface area contributed by atoms with Gasteiger partial charge in [-0.25, -0.2) is 4.98 Å². The van der Waals surface area contributed by atoms with Crippen molar-refractivity contribution in [1.82, 2.24) is 4.98 Å². The first kappa shape index (κ1) is 20.0. The number of aromatic nitrogens is 1. The average molecular weight is 459 g/mol. The van der Waals surface area contributed by atoms with Crippen molar-refractivity contribution < 1.29 is 9.53 Å². The number of hydrogen-bond donors (Lipinski definition) is 1. The molecular formula is C28H30N2O2S. The molecule has 0 amide bonds. The maximum atomic E-state index is 14.2. The number of thiophene rings is 1. The Morgan fingerprint density at radius 3 is 2.36 bits per heavy atom. The Morgan fingerprint density at radius 1 is 1.06 bits per heavy atom. The molecule has 1 aromatic carbocycles. The molecule has 170 valence electrons. The van der Waals surface area contributed by atoms with E-state index in [-0.39, 0.29) is 5.41 Å². The van der Waals surface area contributed by atoms with E-state index in [1.54, 1.807) is 18.4 Å². The van der Waals surface area contributed by atoms with Crippen LogP contribution in [-0.2, 0) is 12.8 Å². The van der Waals surface area contributed by atoms with Gasteiger partial charge in [0.25, 0.3) is 0 Å². The van der Waals surface area contributed by atoms with Gasteiger partial charge in [-0.2, -0.15) is 0 Å². The lowest BCUT2D eigenvalue weighted by atomic mass is 9.48. The van der Waals surface area contributed by atoms with Crippen LogP contribution >= 0.6 is 11.3 Å². The maximum Gasteiger partial charge on any atom is 0.181 e. The Morgan fingerprint density at radius 2 is 1.73 bits per heavy atom. The van der Waals surface area contributed by atoms with E-state index in [4.69, 9.17) is 15.5 Å². The Balaban J connectivity index is 1.39. The Labute approximate surface area is 198 Å². The highest BCUT2D eigenvalue weighted by Crippen LogP contribution is 2.62. The molecule has 0 saturated heterocycles. The summed E-state index contributed by atoms with van der Waals surface area (Å²) in [5.74, 6) is 3.40. The summed E-state index contributed by atoms with van der Waals surface area (Å²) >= 11 is 1.55. The lowest BCUT2D eigenvalue weighted by molar-refractivity contribution is -0.0350. The fraction of sp³-hybridized carbons (Fsp3) is 0.500. The summed E-state index contributed by atoms with van der Waals surface area (Å²) in [5.41, 5.74) is 12.2. The molecule has 0 aliphatic heterocycles. The number of methoxy groups -OCH3 is 1. The quantitative estimate of drug-likeness (QED) is 0.457. The van der Waals surface area contributed by atoms with E-state index in [0.29, 0.717) is 11.5 Å². The monoisotopic (exact) mass is 458 g/mol. The molecule has 2 heterocycles. The number of rotatable bonds is 4. The molecule has 5 aliphatic carbocycles. The van der Waals surface area contributed by atoms with E-state index in [9.17, 15) is 4.79 Å². The van der Waals surface area contributed by atoms with Crippen LogP contribution in [0.15, 0.2) is 24.3 Å². The van der Waals surface area contributed by atoms with E-state index >= 15 is 0 Å². The van der Waals surface area contributed by atoms with Crippen LogP contribution in [0.25, 0.3) is 21.3 Å². The number of nitrogens with two attached hydrogens (primary N) is 1. The summed E-state index contributed by atoms with van der Waals surface area (Å²) < 4.78 is 5.38. The first-order valence-electron chi connectivity index (χ1n) is 12.5. The fourth-order valence-electron chi connectivity index (χ4n) is 8.02. The SMILES string of the molecule is COc1ccc(-c2c3c(nc4sc(C(=O)C56CC7CC(CC(C7)C5)C6)c(N)c24)CCC3)cc1. The van der Waals surface area contributed by atoms with Crippen molar-refractivity contribution in [3.63, 3.8) is 0 Å². The normalized spacial score (nSPS) is 29.5. The molecule has 33 heavy (non-hydrogen) atoms. The third-order valence-corrected chi connectivity index (χ3v) is 10.1. The van der Waals surface area contributed by atoms with Crippen LogP contribution in [0.4, 0.5) is 5.69 Å². The molecule has 0 atom stereocenters. The minimum atomic E-state index is -0.174. The summed E-state index contributed by atoms with van der Waals surface area (Å²) in [6.45, 7) is 0. The number of fused-ring (bicyclic) bond motifs is 2. The van der Waals surface area contributed by atoms with Crippen molar-refractivity contribution in [1.29, 1.82) is 0 Å². The molecule has 5 heteroatoms. The Hall–Kier alpha value is -2.40. The molecule has 5 aliphatic rings. The van der Waals surface area contributed by atoms with Crippen molar-refractivity contribution in [2.75, 3.05) is 12.8 Å². The summed E-state index contributed by atoms with van der Waals surface area (Å²) in [5, 5.41) is 0.999. The number of ketones is 1. The molecule has 4 bridgehead atoms. The molecule has 3 aromatic rings. The molecule has 8 rings (SSSR count). The van der Waals surface area contributed by atoms with E-state index in [2.05, 4.69) is 12.1 Å². The molecule has 0 unspecified atom stereocenters. The van der Waals surface area contributed by atoms with Gasteiger partial charge < -0.3 is 10.5 Å². The van der Waals surface area contributed by atoms with E-state index in [0.717, 1.165) is 82.7 Å². The molecule has 2 N–H and O–H groups in total. The van der Waals surface area contributed by atoms with Gasteiger partial charge in [-0.05, 0) is 104 Å². The minimum Gasteiger partial charge on any atom is -0.497 e. The molecule has 0 spiro atoms. The lowest BCUT2D eigenvalue weighted by Gasteiger charge is -2.55. The standard InChI is InChI=1S/C28H30N2O2S/c1-32-19-7-5-18(6-8-19)22-20-3-2-4-21(20)30-27-23(22)24(29)25(33-27)26(31)28-12-15-9-16(13-28)11-17(10-15)14-28/h5-8,15-17H,2-4,9-14,29H2,1H3. The van der Waals surface area contributed by atoms with Gasteiger partial charge >= 0.3 is 0 Å². The fourth-order valence-corrected chi connectivity index (χ4v) is 9.20. The minimum absolute atomic E-state index is 0.174. The zero-order chi connectivity index (χ0) is 22.3. The van der Waals surface area contributed by atoms with Crippen molar-refractivity contribution >= 4 is 33.0 Å². The third kappa shape index (κ3) is 2.87.